The Bertz CT molecular complexity index is 2210. The summed E-state index contributed by atoms with van der Waals surface area (Å²) in [5, 5.41) is 2.21. The van der Waals surface area contributed by atoms with Crippen LogP contribution in [0.25, 0.3) is 61.4 Å². The van der Waals surface area contributed by atoms with Crippen molar-refractivity contribution in [2.45, 2.75) is 33.1 Å². The average molecular weight is 777 g/mol. The van der Waals surface area contributed by atoms with E-state index in [1.807, 2.05) is 91.1 Å². The summed E-state index contributed by atoms with van der Waals surface area (Å²) >= 11 is 0. The van der Waals surface area contributed by atoms with E-state index < -0.39 is 0 Å². The zero-order chi connectivity index (χ0) is 31.0. The topological polar surface area (TPSA) is 56.7 Å². The quantitative estimate of drug-likeness (QED) is 0.168. The Kier molecular flexibility index (Phi) is 8.68. The van der Waals surface area contributed by atoms with Gasteiger partial charge in [-0.1, -0.05) is 87.2 Å². The smallest absolute Gasteiger partial charge is 0.155 e. The fraction of sp³-hybridized carbons (Fsp3) is 0.125. The number of rotatable bonds is 3. The largest absolute Gasteiger partial charge is 0.501 e. The SMILES string of the molecule is Cc1c[c-]c(-c2nc3cc(C(C)(C)C)cnc3n2-c2ccccc2)c2oc3ccccc3c12.[Ir].[c-]1ccccc1-c1ccccn1. The van der Waals surface area contributed by atoms with Crippen molar-refractivity contribution in [1.82, 2.24) is 19.5 Å². The number of furan rings is 1. The van der Waals surface area contributed by atoms with Crippen LogP contribution in [0.4, 0.5) is 0 Å². The molecule has 0 aliphatic heterocycles. The summed E-state index contributed by atoms with van der Waals surface area (Å²) in [5.74, 6) is 0.777. The van der Waals surface area contributed by atoms with Crippen LogP contribution in [0.2, 0.25) is 0 Å². The van der Waals surface area contributed by atoms with Gasteiger partial charge in [-0.15, -0.1) is 53.6 Å². The second-order valence-corrected chi connectivity index (χ2v) is 12.1. The normalized spacial score (nSPS) is 11.3. The first-order chi connectivity index (χ1) is 21.9. The van der Waals surface area contributed by atoms with Gasteiger partial charge in [0.2, 0.25) is 0 Å². The fourth-order valence-electron chi connectivity index (χ4n) is 5.54. The molecular weight excluding hydrogens is 745 g/mol. The molecule has 0 bridgehead atoms. The number of aromatic nitrogens is 4. The molecule has 229 valence electrons. The number of hydrogen-bond donors (Lipinski definition) is 0. The maximum absolute atomic E-state index is 6.38. The molecule has 6 heteroatoms. The summed E-state index contributed by atoms with van der Waals surface area (Å²) in [6, 6.07) is 42.9. The molecule has 0 saturated heterocycles. The number of benzene rings is 4. The van der Waals surface area contributed by atoms with Crippen molar-refractivity contribution in [3.05, 3.63) is 145 Å². The van der Waals surface area contributed by atoms with E-state index in [4.69, 9.17) is 14.4 Å². The molecule has 4 aromatic heterocycles. The first kappa shape index (κ1) is 31.1. The molecule has 0 fully saturated rings. The molecule has 0 N–H and O–H groups in total. The number of imidazole rings is 1. The molecule has 4 heterocycles. The molecule has 0 saturated carbocycles. The first-order valence-electron chi connectivity index (χ1n) is 15.0. The Hall–Kier alpha value is -4.90. The number of para-hydroxylation sites is 2. The standard InChI is InChI=1S/C29H24N3O.C11H8N.Ir/c1-18-14-15-22(26-25(18)21-12-8-9-13-24(21)33-26)27-31-23-16-19(29(2,3)4)17-30-28(23)32(27)20-10-6-5-7-11-20;1-2-6-10(7-3-1)11-8-4-5-9-12-11;/h5-14,16-17H,1-4H3;1-6,8-9H;/q2*-1;. The van der Waals surface area contributed by atoms with E-state index in [-0.39, 0.29) is 25.5 Å². The van der Waals surface area contributed by atoms with Crippen molar-refractivity contribution >= 4 is 33.1 Å². The van der Waals surface area contributed by atoms with Crippen LogP contribution < -0.4 is 0 Å². The second-order valence-electron chi connectivity index (χ2n) is 12.1. The monoisotopic (exact) mass is 777 g/mol. The third-order valence-electron chi connectivity index (χ3n) is 7.90. The Morgan fingerprint density at radius 1 is 0.804 bits per heavy atom. The molecule has 0 aliphatic carbocycles. The summed E-state index contributed by atoms with van der Waals surface area (Å²) in [6.45, 7) is 8.67. The van der Waals surface area contributed by atoms with Gasteiger partial charge >= 0.3 is 0 Å². The van der Waals surface area contributed by atoms with Gasteiger partial charge in [0.05, 0.1) is 16.9 Å². The molecule has 46 heavy (non-hydrogen) atoms. The minimum atomic E-state index is -0.0140. The predicted molar refractivity (Wildman–Crippen MR) is 182 cm³/mol. The molecule has 1 radical (unpaired) electrons. The molecule has 0 unspecified atom stereocenters. The van der Waals surface area contributed by atoms with Gasteiger partial charge in [-0.2, -0.15) is 0 Å². The Morgan fingerprint density at radius 2 is 1.57 bits per heavy atom. The van der Waals surface area contributed by atoms with Gasteiger partial charge in [-0.3, -0.25) is 4.98 Å². The Balaban J connectivity index is 0.000000241. The van der Waals surface area contributed by atoms with Gasteiger partial charge in [0.25, 0.3) is 0 Å². The molecule has 4 aromatic carbocycles. The third kappa shape index (κ3) is 5.90. The van der Waals surface area contributed by atoms with Crippen LogP contribution in [0.3, 0.4) is 0 Å². The molecule has 8 rings (SSSR count). The number of hydrogen-bond acceptors (Lipinski definition) is 4. The minimum absolute atomic E-state index is 0. The molecule has 0 spiro atoms. The van der Waals surface area contributed by atoms with Crippen LogP contribution in [-0.2, 0) is 25.5 Å². The number of pyridine rings is 2. The van der Waals surface area contributed by atoms with E-state index >= 15 is 0 Å². The summed E-state index contributed by atoms with van der Waals surface area (Å²) in [7, 11) is 0. The van der Waals surface area contributed by atoms with Crippen molar-refractivity contribution in [2.24, 2.45) is 0 Å². The van der Waals surface area contributed by atoms with Crippen molar-refractivity contribution < 1.29 is 24.5 Å². The van der Waals surface area contributed by atoms with Crippen molar-refractivity contribution in [3.63, 3.8) is 0 Å². The van der Waals surface area contributed by atoms with E-state index in [9.17, 15) is 0 Å². The summed E-state index contributed by atoms with van der Waals surface area (Å²) < 4.78 is 8.49. The van der Waals surface area contributed by atoms with E-state index in [2.05, 4.69) is 73.6 Å². The Labute approximate surface area is 282 Å². The van der Waals surface area contributed by atoms with Crippen LogP contribution in [0.15, 0.2) is 126 Å². The molecule has 0 atom stereocenters. The van der Waals surface area contributed by atoms with E-state index in [1.165, 1.54) is 0 Å². The van der Waals surface area contributed by atoms with Crippen LogP contribution in [-0.4, -0.2) is 19.5 Å². The first-order valence-corrected chi connectivity index (χ1v) is 15.0. The number of nitrogens with zero attached hydrogens (tertiary/aromatic N) is 4. The fourth-order valence-corrected chi connectivity index (χ4v) is 5.54. The van der Waals surface area contributed by atoms with Crippen molar-refractivity contribution in [2.75, 3.05) is 0 Å². The summed E-state index contributed by atoms with van der Waals surface area (Å²) in [5.41, 5.74) is 9.48. The molecular formula is C40H32IrN4O-2. The number of aryl methyl sites for hydroxylation is 1. The predicted octanol–water partition coefficient (Wildman–Crippen LogP) is 9.94. The van der Waals surface area contributed by atoms with Gasteiger partial charge in [-0.05, 0) is 47.0 Å². The zero-order valence-corrected chi connectivity index (χ0v) is 28.5. The van der Waals surface area contributed by atoms with Crippen LogP contribution >= 0.6 is 0 Å². The number of fused-ring (bicyclic) bond motifs is 4. The minimum Gasteiger partial charge on any atom is -0.501 e. The van der Waals surface area contributed by atoms with E-state index in [0.717, 1.165) is 72.6 Å². The molecule has 5 nitrogen and oxygen atoms in total. The zero-order valence-electron chi connectivity index (χ0n) is 26.1. The van der Waals surface area contributed by atoms with Gasteiger partial charge in [0, 0.05) is 43.6 Å². The van der Waals surface area contributed by atoms with E-state index in [0.29, 0.717) is 0 Å². The van der Waals surface area contributed by atoms with Crippen LogP contribution in [0.5, 0.6) is 0 Å². The maximum atomic E-state index is 6.38. The summed E-state index contributed by atoms with van der Waals surface area (Å²) in [6.07, 6.45) is 3.75. The van der Waals surface area contributed by atoms with Gasteiger partial charge in [-0.25, -0.2) is 4.98 Å². The summed E-state index contributed by atoms with van der Waals surface area (Å²) in [4.78, 5) is 14.2. The van der Waals surface area contributed by atoms with Crippen molar-refractivity contribution in [3.8, 4) is 28.3 Å². The van der Waals surface area contributed by atoms with Crippen molar-refractivity contribution in [1.29, 1.82) is 0 Å². The van der Waals surface area contributed by atoms with Crippen LogP contribution in [0.1, 0.15) is 31.9 Å². The third-order valence-corrected chi connectivity index (χ3v) is 7.90. The van der Waals surface area contributed by atoms with Gasteiger partial charge < -0.3 is 14.0 Å². The van der Waals surface area contributed by atoms with Crippen LogP contribution in [0, 0.1) is 19.1 Å². The van der Waals surface area contributed by atoms with Gasteiger partial charge in [0.1, 0.15) is 5.58 Å². The van der Waals surface area contributed by atoms with Gasteiger partial charge in [0.15, 0.2) is 5.65 Å². The Morgan fingerprint density at radius 3 is 2.30 bits per heavy atom. The van der Waals surface area contributed by atoms with E-state index in [1.54, 1.807) is 6.20 Å². The molecule has 8 aromatic rings. The molecule has 0 aliphatic rings. The second kappa shape index (κ2) is 12.8. The molecule has 0 amide bonds. The maximum Gasteiger partial charge on any atom is 0.155 e. The average Bonchev–Trinajstić information content (AvgIpc) is 3.65.